The van der Waals surface area contributed by atoms with Crippen molar-refractivity contribution >= 4 is 5.82 Å². The highest BCUT2D eigenvalue weighted by Gasteiger charge is 2.59. The Hall–Kier alpha value is -2.15. The molecular weight excluding hydrogens is 336 g/mol. The minimum atomic E-state index is -2.67. The second-order valence-corrected chi connectivity index (χ2v) is 7.47. The Kier molecular flexibility index (Phi) is 4.34. The molecule has 0 aromatic carbocycles. The van der Waals surface area contributed by atoms with E-state index in [4.69, 9.17) is 0 Å². The lowest BCUT2D eigenvalue weighted by Gasteiger charge is -2.45. The Morgan fingerprint density at radius 2 is 1.92 bits per heavy atom. The van der Waals surface area contributed by atoms with E-state index in [1.165, 1.54) is 0 Å². The number of aromatic nitrogens is 3. The van der Waals surface area contributed by atoms with Crippen molar-refractivity contribution in [1.29, 1.82) is 0 Å². The summed E-state index contributed by atoms with van der Waals surface area (Å²) in [6.07, 6.45) is 2.11. The number of piperidine rings is 1. The van der Waals surface area contributed by atoms with Gasteiger partial charge in [-0.2, -0.15) is 5.10 Å². The highest BCUT2D eigenvalue weighted by atomic mass is 19.3. The summed E-state index contributed by atoms with van der Waals surface area (Å²) in [5.41, 5.74) is 0.714. The predicted molar refractivity (Wildman–Crippen MR) is 95.1 cm³/mol. The van der Waals surface area contributed by atoms with Crippen molar-refractivity contribution in [2.24, 2.45) is 5.41 Å². The van der Waals surface area contributed by atoms with Gasteiger partial charge in [0.05, 0.1) is 16.8 Å². The highest BCUT2D eigenvalue weighted by molar-refractivity contribution is 5.40. The minimum Gasteiger partial charge on any atom is -0.354 e. The average Bonchev–Trinajstić information content (AvgIpc) is 3.06. The van der Waals surface area contributed by atoms with Gasteiger partial charge in [0.25, 0.3) is 5.92 Å². The van der Waals surface area contributed by atoms with Gasteiger partial charge in [-0.15, -0.1) is 5.10 Å². The van der Waals surface area contributed by atoms with Crippen LogP contribution in [0.1, 0.15) is 24.2 Å². The fourth-order valence-corrected chi connectivity index (χ4v) is 4.10. The maximum Gasteiger partial charge on any atom is 0.257 e. The molecule has 0 unspecified atom stereocenters. The van der Waals surface area contributed by atoms with E-state index in [0.717, 1.165) is 11.4 Å². The molecule has 0 aliphatic carbocycles. The van der Waals surface area contributed by atoms with Crippen molar-refractivity contribution < 1.29 is 8.78 Å². The summed E-state index contributed by atoms with van der Waals surface area (Å²) in [7, 11) is 0. The molecule has 4 heterocycles. The summed E-state index contributed by atoms with van der Waals surface area (Å²) in [5, 5.41) is 8.25. The number of hydrogen-bond donors (Lipinski definition) is 0. The van der Waals surface area contributed by atoms with Crippen molar-refractivity contribution in [2.75, 3.05) is 31.1 Å². The molecule has 0 N–H and O–H groups in total. The number of anilines is 1. The molecule has 2 aliphatic heterocycles. The lowest BCUT2D eigenvalue weighted by molar-refractivity contribution is -0.159. The fourth-order valence-electron chi connectivity index (χ4n) is 4.10. The average molecular weight is 359 g/mol. The first-order valence-electron chi connectivity index (χ1n) is 9.03. The Balaban J connectivity index is 1.52. The lowest BCUT2D eigenvalue weighted by atomic mass is 9.75. The summed E-state index contributed by atoms with van der Waals surface area (Å²) < 4.78 is 29.9. The third kappa shape index (κ3) is 3.16. The molecule has 5 nitrogen and oxygen atoms in total. The molecule has 4 rings (SSSR count). The third-order valence-electron chi connectivity index (χ3n) is 5.62. The Morgan fingerprint density at radius 3 is 2.65 bits per heavy atom. The van der Waals surface area contributed by atoms with E-state index in [2.05, 4.69) is 20.1 Å². The monoisotopic (exact) mass is 359 g/mol. The number of halogens is 2. The smallest absolute Gasteiger partial charge is 0.257 e. The second kappa shape index (κ2) is 6.54. The number of alkyl halides is 2. The molecule has 2 fully saturated rings. The zero-order valence-electron chi connectivity index (χ0n) is 14.9. The van der Waals surface area contributed by atoms with Crippen molar-refractivity contribution in [1.82, 2.24) is 20.1 Å². The molecule has 26 heavy (non-hydrogen) atoms. The number of pyridine rings is 1. The predicted octanol–water partition coefficient (Wildman–Crippen LogP) is 2.92. The van der Waals surface area contributed by atoms with Gasteiger partial charge in [-0.05, 0) is 37.6 Å². The van der Waals surface area contributed by atoms with Gasteiger partial charge in [-0.25, -0.2) is 8.78 Å². The SMILES string of the molecule is Cc1ccc(N2CC[C@@]3(CN(Cc4ccccn4)CCC3(F)F)C2)nn1. The summed E-state index contributed by atoms with van der Waals surface area (Å²) in [4.78, 5) is 8.40. The van der Waals surface area contributed by atoms with Gasteiger partial charge >= 0.3 is 0 Å². The molecule has 0 amide bonds. The normalized spacial score (nSPS) is 25.7. The molecule has 2 aliphatic rings. The van der Waals surface area contributed by atoms with E-state index >= 15 is 0 Å². The Morgan fingerprint density at radius 1 is 1.04 bits per heavy atom. The van der Waals surface area contributed by atoms with Gasteiger partial charge in [-0.1, -0.05) is 6.07 Å². The summed E-state index contributed by atoms with van der Waals surface area (Å²) in [6.45, 7) is 4.17. The van der Waals surface area contributed by atoms with Crippen molar-refractivity contribution in [3.05, 3.63) is 47.9 Å². The lowest BCUT2D eigenvalue weighted by Crippen LogP contribution is -2.56. The van der Waals surface area contributed by atoms with Crippen LogP contribution in [-0.2, 0) is 6.54 Å². The van der Waals surface area contributed by atoms with Crippen LogP contribution in [0.25, 0.3) is 0 Å². The van der Waals surface area contributed by atoms with Crippen LogP contribution in [-0.4, -0.2) is 52.2 Å². The van der Waals surface area contributed by atoms with Crippen LogP contribution in [0, 0.1) is 12.3 Å². The van der Waals surface area contributed by atoms with Crippen LogP contribution < -0.4 is 4.90 Å². The van der Waals surface area contributed by atoms with Crippen LogP contribution in [0.4, 0.5) is 14.6 Å². The van der Waals surface area contributed by atoms with Crippen molar-refractivity contribution in [3.63, 3.8) is 0 Å². The maximum atomic E-state index is 14.9. The van der Waals surface area contributed by atoms with Gasteiger partial charge in [0, 0.05) is 45.3 Å². The molecular formula is C19H23F2N5. The zero-order chi connectivity index (χ0) is 18.2. The van der Waals surface area contributed by atoms with E-state index in [-0.39, 0.29) is 6.42 Å². The first-order chi connectivity index (χ1) is 12.5. The van der Waals surface area contributed by atoms with Crippen LogP contribution in [0.15, 0.2) is 36.5 Å². The molecule has 1 atom stereocenters. The quantitative estimate of drug-likeness (QED) is 0.843. The minimum absolute atomic E-state index is 0.104. The zero-order valence-corrected chi connectivity index (χ0v) is 14.9. The molecule has 2 saturated heterocycles. The number of likely N-dealkylation sites (tertiary alicyclic amines) is 1. The summed E-state index contributed by atoms with van der Waals surface area (Å²) >= 11 is 0. The number of nitrogens with zero attached hydrogens (tertiary/aromatic N) is 5. The van der Waals surface area contributed by atoms with Gasteiger partial charge in [0.2, 0.25) is 0 Å². The molecule has 0 saturated carbocycles. The Labute approximate surface area is 152 Å². The van der Waals surface area contributed by atoms with Gasteiger partial charge in [-0.3, -0.25) is 9.88 Å². The van der Waals surface area contributed by atoms with E-state index < -0.39 is 11.3 Å². The van der Waals surface area contributed by atoms with Crippen LogP contribution in [0.3, 0.4) is 0 Å². The number of rotatable bonds is 3. The molecule has 2 aromatic rings. The van der Waals surface area contributed by atoms with E-state index in [1.54, 1.807) is 6.20 Å². The molecule has 0 bridgehead atoms. The summed E-state index contributed by atoms with van der Waals surface area (Å²) in [6, 6.07) is 9.49. The van der Waals surface area contributed by atoms with Gasteiger partial charge in [0.1, 0.15) is 0 Å². The van der Waals surface area contributed by atoms with Crippen LogP contribution in [0.2, 0.25) is 0 Å². The molecule has 2 aromatic heterocycles. The largest absolute Gasteiger partial charge is 0.354 e. The van der Waals surface area contributed by atoms with Gasteiger partial charge in [0.15, 0.2) is 5.82 Å². The number of aryl methyl sites for hydroxylation is 1. The van der Waals surface area contributed by atoms with Crippen molar-refractivity contribution in [2.45, 2.75) is 32.2 Å². The topological polar surface area (TPSA) is 45.2 Å². The van der Waals surface area contributed by atoms with Crippen LogP contribution >= 0.6 is 0 Å². The maximum absolute atomic E-state index is 14.9. The first kappa shape index (κ1) is 17.3. The summed E-state index contributed by atoms with van der Waals surface area (Å²) in [5.74, 6) is -1.98. The Bertz CT molecular complexity index is 752. The molecule has 1 spiro atoms. The van der Waals surface area contributed by atoms with Crippen LogP contribution in [0.5, 0.6) is 0 Å². The van der Waals surface area contributed by atoms with E-state index in [1.807, 2.05) is 42.2 Å². The van der Waals surface area contributed by atoms with E-state index in [0.29, 0.717) is 45.0 Å². The third-order valence-corrected chi connectivity index (χ3v) is 5.62. The number of hydrogen-bond acceptors (Lipinski definition) is 5. The second-order valence-electron chi connectivity index (χ2n) is 7.47. The highest BCUT2D eigenvalue weighted by Crippen LogP contribution is 2.50. The molecule has 7 heteroatoms. The van der Waals surface area contributed by atoms with Gasteiger partial charge < -0.3 is 4.90 Å². The first-order valence-corrected chi connectivity index (χ1v) is 9.03. The molecule has 138 valence electrons. The fraction of sp³-hybridized carbons (Fsp3) is 0.526. The molecule has 0 radical (unpaired) electrons. The standard InChI is InChI=1S/C19H23F2N5/c1-15-5-6-17(24-23-15)26-11-7-18(14-26)13-25(10-8-19(18,20)21)12-16-4-2-3-9-22-16/h2-6,9H,7-8,10-14H2,1H3/t18-/m1/s1. The van der Waals surface area contributed by atoms with E-state index in [9.17, 15) is 8.78 Å². The van der Waals surface area contributed by atoms with Crippen molar-refractivity contribution in [3.8, 4) is 0 Å².